The maximum atomic E-state index is 12.6. The molecule has 0 saturated carbocycles. The quantitative estimate of drug-likeness (QED) is 0.567. The van der Waals surface area contributed by atoms with Gasteiger partial charge in [0.25, 0.3) is 11.5 Å². The van der Waals surface area contributed by atoms with Crippen molar-refractivity contribution in [3.8, 4) is 5.82 Å². The molecule has 0 unspecified atom stereocenters. The fourth-order valence-corrected chi connectivity index (χ4v) is 2.76. The number of aromatic nitrogens is 6. The molecule has 9 heteroatoms. The highest BCUT2D eigenvalue weighted by atomic mass is 16.1. The van der Waals surface area contributed by atoms with E-state index in [9.17, 15) is 9.59 Å². The van der Waals surface area contributed by atoms with Gasteiger partial charge in [-0.1, -0.05) is 6.07 Å². The lowest BCUT2D eigenvalue weighted by molar-refractivity contribution is 0.0949. The number of H-pyrrole nitrogens is 1. The molecule has 0 aliphatic heterocycles. The molecule has 4 rings (SSSR count). The second-order valence-electron chi connectivity index (χ2n) is 5.71. The number of pyridine rings is 1. The molecule has 0 aromatic carbocycles. The van der Waals surface area contributed by atoms with Crippen molar-refractivity contribution in [1.82, 2.24) is 34.4 Å². The van der Waals surface area contributed by atoms with Gasteiger partial charge in [0.1, 0.15) is 12.1 Å². The number of fused-ring (bicyclic) bond motifs is 1. The number of imidazole rings is 1. The van der Waals surface area contributed by atoms with Crippen LogP contribution < -0.4 is 10.9 Å². The zero-order chi connectivity index (χ0) is 18.1. The molecule has 0 atom stereocenters. The smallest absolute Gasteiger partial charge is 0.266 e. The van der Waals surface area contributed by atoms with E-state index >= 15 is 0 Å². The molecule has 0 aliphatic rings. The van der Waals surface area contributed by atoms with Crippen LogP contribution in [0.4, 0.5) is 0 Å². The summed E-state index contributed by atoms with van der Waals surface area (Å²) >= 11 is 0. The van der Waals surface area contributed by atoms with Gasteiger partial charge in [-0.05, 0) is 13.0 Å². The van der Waals surface area contributed by atoms with E-state index in [1.54, 1.807) is 36.4 Å². The Hall–Kier alpha value is -3.75. The van der Waals surface area contributed by atoms with Crippen LogP contribution in [0.25, 0.3) is 11.5 Å². The lowest BCUT2D eigenvalue weighted by atomic mass is 10.2. The van der Waals surface area contributed by atoms with Gasteiger partial charge in [0.2, 0.25) is 0 Å². The van der Waals surface area contributed by atoms with E-state index in [0.29, 0.717) is 29.3 Å². The summed E-state index contributed by atoms with van der Waals surface area (Å²) in [6.45, 7) is 2.04. The maximum Gasteiger partial charge on any atom is 0.266 e. The van der Waals surface area contributed by atoms with Gasteiger partial charge in [0.05, 0.1) is 11.3 Å². The van der Waals surface area contributed by atoms with Crippen molar-refractivity contribution < 1.29 is 4.79 Å². The van der Waals surface area contributed by atoms with Crippen molar-refractivity contribution >= 4 is 11.6 Å². The molecule has 0 saturated heterocycles. The largest absolute Gasteiger partial charge is 0.348 e. The third kappa shape index (κ3) is 2.75. The van der Waals surface area contributed by atoms with Crippen LogP contribution in [0.3, 0.4) is 0 Å². The van der Waals surface area contributed by atoms with Crippen molar-refractivity contribution in [2.75, 3.05) is 0 Å². The zero-order valence-corrected chi connectivity index (χ0v) is 13.9. The number of amides is 1. The van der Waals surface area contributed by atoms with Gasteiger partial charge >= 0.3 is 0 Å². The van der Waals surface area contributed by atoms with E-state index in [4.69, 9.17) is 0 Å². The first-order valence-corrected chi connectivity index (χ1v) is 7.91. The average Bonchev–Trinajstić information content (AvgIpc) is 3.30. The Kier molecular flexibility index (Phi) is 3.81. The van der Waals surface area contributed by atoms with Crippen molar-refractivity contribution in [3.05, 3.63) is 76.5 Å². The first kappa shape index (κ1) is 15.8. The molecular formula is C17H15N7O2. The number of carbonyl (C=O) groups is 1. The SMILES string of the molecule is Cc1c(C(=O)NCc2cccnc2-n2ccnc2)cnc2cc(=O)[nH]n12. The number of hydrogen-bond donors (Lipinski definition) is 2. The minimum atomic E-state index is -0.285. The molecule has 130 valence electrons. The highest BCUT2D eigenvalue weighted by Gasteiger charge is 2.14. The van der Waals surface area contributed by atoms with Crippen LogP contribution in [-0.2, 0) is 6.54 Å². The molecule has 4 aromatic rings. The molecular weight excluding hydrogens is 334 g/mol. The van der Waals surface area contributed by atoms with Gasteiger partial charge in [-0.15, -0.1) is 0 Å². The first-order chi connectivity index (χ1) is 12.6. The van der Waals surface area contributed by atoms with Crippen molar-refractivity contribution in [3.63, 3.8) is 0 Å². The molecule has 0 spiro atoms. The summed E-state index contributed by atoms with van der Waals surface area (Å²) in [7, 11) is 0. The minimum Gasteiger partial charge on any atom is -0.348 e. The first-order valence-electron chi connectivity index (χ1n) is 7.91. The van der Waals surface area contributed by atoms with E-state index in [1.165, 1.54) is 16.8 Å². The molecule has 4 heterocycles. The highest BCUT2D eigenvalue weighted by Crippen LogP contribution is 2.12. The predicted octanol–water partition coefficient (Wildman–Crippen LogP) is 0.842. The van der Waals surface area contributed by atoms with E-state index < -0.39 is 0 Å². The average molecular weight is 349 g/mol. The fourth-order valence-electron chi connectivity index (χ4n) is 2.76. The third-order valence-electron chi connectivity index (χ3n) is 4.06. The molecule has 26 heavy (non-hydrogen) atoms. The number of nitrogens with one attached hydrogen (secondary N) is 2. The van der Waals surface area contributed by atoms with E-state index in [2.05, 4.69) is 25.4 Å². The van der Waals surface area contributed by atoms with Crippen LogP contribution in [-0.4, -0.2) is 35.0 Å². The van der Waals surface area contributed by atoms with Crippen molar-refractivity contribution in [2.24, 2.45) is 0 Å². The summed E-state index contributed by atoms with van der Waals surface area (Å²) in [6, 6.07) is 5.08. The second kappa shape index (κ2) is 6.28. The van der Waals surface area contributed by atoms with Gasteiger partial charge in [-0.3, -0.25) is 19.3 Å². The van der Waals surface area contributed by atoms with Crippen LogP contribution in [0.1, 0.15) is 21.6 Å². The maximum absolute atomic E-state index is 12.6. The molecule has 0 fully saturated rings. The monoisotopic (exact) mass is 349 g/mol. The molecule has 0 bridgehead atoms. The Morgan fingerprint density at radius 1 is 1.31 bits per heavy atom. The van der Waals surface area contributed by atoms with Crippen LogP contribution in [0.5, 0.6) is 0 Å². The highest BCUT2D eigenvalue weighted by molar-refractivity contribution is 5.95. The molecule has 0 radical (unpaired) electrons. The summed E-state index contributed by atoms with van der Waals surface area (Å²) < 4.78 is 3.28. The van der Waals surface area contributed by atoms with Crippen LogP contribution >= 0.6 is 0 Å². The molecule has 4 aromatic heterocycles. The summed E-state index contributed by atoms with van der Waals surface area (Å²) in [5.74, 6) is 0.414. The Balaban J connectivity index is 1.59. The van der Waals surface area contributed by atoms with Gasteiger partial charge in [0, 0.05) is 43.0 Å². The van der Waals surface area contributed by atoms with Crippen molar-refractivity contribution in [2.45, 2.75) is 13.5 Å². The Morgan fingerprint density at radius 3 is 3.00 bits per heavy atom. The molecule has 2 N–H and O–H groups in total. The minimum absolute atomic E-state index is 0.265. The summed E-state index contributed by atoms with van der Waals surface area (Å²) in [5.41, 5.74) is 2.05. The number of rotatable bonds is 4. The number of aryl methyl sites for hydroxylation is 1. The van der Waals surface area contributed by atoms with E-state index in [1.807, 2.05) is 12.1 Å². The number of hydrogen-bond acceptors (Lipinski definition) is 5. The van der Waals surface area contributed by atoms with Crippen LogP contribution in [0, 0.1) is 6.92 Å². The molecule has 0 aliphatic carbocycles. The van der Waals surface area contributed by atoms with E-state index in [0.717, 1.165) is 5.56 Å². The molecule has 1 amide bonds. The van der Waals surface area contributed by atoms with Gasteiger partial charge in [-0.2, -0.15) is 0 Å². The summed E-state index contributed by atoms with van der Waals surface area (Å²) in [5, 5.41) is 5.49. The number of carbonyl (C=O) groups excluding carboxylic acids is 1. The lowest BCUT2D eigenvalue weighted by Crippen LogP contribution is -2.25. The van der Waals surface area contributed by atoms with E-state index in [-0.39, 0.29) is 11.5 Å². The third-order valence-corrected chi connectivity index (χ3v) is 4.06. The predicted molar refractivity (Wildman–Crippen MR) is 93.1 cm³/mol. The summed E-state index contributed by atoms with van der Waals surface area (Å²) in [4.78, 5) is 36.6. The summed E-state index contributed by atoms with van der Waals surface area (Å²) in [6.07, 6.45) is 8.26. The Bertz CT molecular complexity index is 1140. The Morgan fingerprint density at radius 2 is 2.19 bits per heavy atom. The number of nitrogens with zero attached hydrogens (tertiary/aromatic N) is 5. The van der Waals surface area contributed by atoms with Gasteiger partial charge in [0.15, 0.2) is 5.65 Å². The lowest BCUT2D eigenvalue weighted by Gasteiger charge is -2.11. The Labute approximate surface area is 147 Å². The fraction of sp³-hybridized carbons (Fsp3) is 0.118. The van der Waals surface area contributed by atoms with Crippen LogP contribution in [0.15, 0.2) is 54.1 Å². The van der Waals surface area contributed by atoms with Gasteiger partial charge < -0.3 is 5.32 Å². The normalized spacial score (nSPS) is 11.0. The standard InChI is InChI=1S/C17H15N7O2/c1-11-13(9-20-14-7-15(25)22-24(11)14)17(26)21-8-12-3-2-4-19-16(12)23-6-5-18-10-23/h2-7,9-10H,8H2,1H3,(H,21,26)(H,22,25). The van der Waals surface area contributed by atoms with Crippen LogP contribution in [0.2, 0.25) is 0 Å². The second-order valence-corrected chi connectivity index (χ2v) is 5.71. The van der Waals surface area contributed by atoms with Gasteiger partial charge in [-0.25, -0.2) is 19.5 Å². The number of aromatic amines is 1. The van der Waals surface area contributed by atoms with Crippen molar-refractivity contribution in [1.29, 1.82) is 0 Å². The molecule has 9 nitrogen and oxygen atoms in total. The zero-order valence-electron chi connectivity index (χ0n) is 13.9. The topological polar surface area (TPSA) is 110 Å².